The summed E-state index contributed by atoms with van der Waals surface area (Å²) in [5.74, 6) is 0.729. The Bertz CT molecular complexity index is 992. The zero-order chi connectivity index (χ0) is 20.3. The van der Waals surface area contributed by atoms with Crippen molar-refractivity contribution >= 4 is 27.3 Å². The highest BCUT2D eigenvalue weighted by molar-refractivity contribution is 7.17. The summed E-state index contributed by atoms with van der Waals surface area (Å²) in [6.45, 7) is 4.25. The molecule has 3 nitrogen and oxygen atoms in total. The molecule has 2 aliphatic heterocycles. The van der Waals surface area contributed by atoms with E-state index >= 15 is 0 Å². The Labute approximate surface area is 183 Å². The summed E-state index contributed by atoms with van der Waals surface area (Å²) in [5.41, 5.74) is 2.57. The van der Waals surface area contributed by atoms with E-state index in [1.165, 1.54) is 53.6 Å². The number of benzene rings is 2. The van der Waals surface area contributed by atoms with Crippen LogP contribution in [0.5, 0.6) is 0 Å². The van der Waals surface area contributed by atoms with Gasteiger partial charge in [0.15, 0.2) is 0 Å². The molecule has 0 N–H and O–H groups in total. The second-order valence-corrected chi connectivity index (χ2v) is 9.67. The van der Waals surface area contributed by atoms with Gasteiger partial charge in [0, 0.05) is 23.7 Å². The van der Waals surface area contributed by atoms with Gasteiger partial charge in [-0.2, -0.15) is 0 Å². The average molecular weight is 419 g/mol. The Hall–Kier alpha value is -2.17. The fourth-order valence-electron chi connectivity index (χ4n) is 5.35. The molecule has 2 saturated heterocycles. The van der Waals surface area contributed by atoms with E-state index in [0.717, 1.165) is 19.5 Å². The Morgan fingerprint density at radius 3 is 2.53 bits per heavy atom. The second-order valence-electron chi connectivity index (χ2n) is 8.76. The summed E-state index contributed by atoms with van der Waals surface area (Å²) in [6.07, 6.45) is 5.36. The van der Waals surface area contributed by atoms with Gasteiger partial charge in [0.05, 0.1) is 12.5 Å². The largest absolute Gasteiger partial charge is 0.338 e. The molecule has 5 rings (SSSR count). The van der Waals surface area contributed by atoms with Crippen molar-refractivity contribution in [1.82, 2.24) is 9.80 Å². The summed E-state index contributed by atoms with van der Waals surface area (Å²) >= 11 is 1.75. The summed E-state index contributed by atoms with van der Waals surface area (Å²) in [5, 5.41) is 3.42. The Morgan fingerprint density at radius 1 is 0.933 bits per heavy atom. The van der Waals surface area contributed by atoms with Crippen LogP contribution >= 0.6 is 11.3 Å². The van der Waals surface area contributed by atoms with Crippen molar-refractivity contribution in [1.29, 1.82) is 0 Å². The van der Waals surface area contributed by atoms with Gasteiger partial charge in [-0.3, -0.25) is 4.79 Å². The Kier molecular flexibility index (Phi) is 5.87. The average Bonchev–Trinajstić information content (AvgIpc) is 3.45. The SMILES string of the molecule is O=C(Cc1csc2ccccc12)N1CCC[C@H](c2ccccc2)[C@@H]1CN1CCCC1. The first-order valence-electron chi connectivity index (χ1n) is 11.3. The van der Waals surface area contributed by atoms with Gasteiger partial charge < -0.3 is 9.80 Å². The fraction of sp³-hybridized carbons (Fsp3) is 0.423. The first-order chi connectivity index (χ1) is 14.8. The number of hydrogen-bond acceptors (Lipinski definition) is 3. The second kappa shape index (κ2) is 8.91. The van der Waals surface area contributed by atoms with Gasteiger partial charge in [0.25, 0.3) is 0 Å². The van der Waals surface area contributed by atoms with Crippen LogP contribution in [0.2, 0.25) is 0 Å². The number of likely N-dealkylation sites (tertiary alicyclic amines) is 2. The van der Waals surface area contributed by atoms with Crippen LogP contribution in [0.1, 0.15) is 42.7 Å². The molecule has 4 heteroatoms. The predicted molar refractivity (Wildman–Crippen MR) is 125 cm³/mol. The maximum Gasteiger partial charge on any atom is 0.227 e. The third-order valence-corrected chi connectivity index (χ3v) is 7.89. The van der Waals surface area contributed by atoms with Gasteiger partial charge in [-0.25, -0.2) is 0 Å². The molecule has 2 fully saturated rings. The topological polar surface area (TPSA) is 23.6 Å². The van der Waals surface area contributed by atoms with Crippen LogP contribution in [-0.4, -0.2) is 47.9 Å². The third-order valence-electron chi connectivity index (χ3n) is 6.87. The monoisotopic (exact) mass is 418 g/mol. The number of carbonyl (C=O) groups excluding carboxylic acids is 1. The Balaban J connectivity index is 1.41. The van der Waals surface area contributed by atoms with E-state index in [0.29, 0.717) is 18.2 Å². The van der Waals surface area contributed by atoms with E-state index in [1.54, 1.807) is 11.3 Å². The highest BCUT2D eigenvalue weighted by atomic mass is 32.1. The van der Waals surface area contributed by atoms with Crippen LogP contribution < -0.4 is 0 Å². The van der Waals surface area contributed by atoms with Crippen LogP contribution in [0.4, 0.5) is 0 Å². The van der Waals surface area contributed by atoms with Gasteiger partial charge in [0.1, 0.15) is 0 Å². The maximum absolute atomic E-state index is 13.6. The molecule has 0 radical (unpaired) electrons. The molecule has 0 spiro atoms. The van der Waals surface area contributed by atoms with Gasteiger partial charge >= 0.3 is 0 Å². The van der Waals surface area contributed by atoms with Crippen LogP contribution in [0.25, 0.3) is 10.1 Å². The van der Waals surface area contributed by atoms with Crippen molar-refractivity contribution in [3.63, 3.8) is 0 Å². The highest BCUT2D eigenvalue weighted by Gasteiger charge is 2.36. The highest BCUT2D eigenvalue weighted by Crippen LogP contribution is 2.35. The summed E-state index contributed by atoms with van der Waals surface area (Å²) in [4.78, 5) is 18.4. The van der Waals surface area contributed by atoms with E-state index < -0.39 is 0 Å². The van der Waals surface area contributed by atoms with Crippen molar-refractivity contribution < 1.29 is 4.79 Å². The predicted octanol–water partition coefficient (Wildman–Crippen LogP) is 5.31. The molecule has 3 heterocycles. The lowest BCUT2D eigenvalue weighted by Crippen LogP contribution is -2.52. The summed E-state index contributed by atoms with van der Waals surface area (Å²) in [6, 6.07) is 19.6. The molecule has 3 aromatic rings. The van der Waals surface area contributed by atoms with Crippen molar-refractivity contribution in [2.75, 3.05) is 26.2 Å². The third kappa shape index (κ3) is 4.03. The number of rotatable bonds is 5. The molecule has 0 aliphatic carbocycles. The van der Waals surface area contributed by atoms with Gasteiger partial charge in [0.2, 0.25) is 5.91 Å². The van der Waals surface area contributed by atoms with Crippen molar-refractivity contribution in [2.45, 2.75) is 44.1 Å². The number of piperidine rings is 1. The molecule has 0 unspecified atom stereocenters. The minimum absolute atomic E-state index is 0.275. The van der Waals surface area contributed by atoms with Crippen molar-refractivity contribution in [3.05, 3.63) is 71.1 Å². The van der Waals surface area contributed by atoms with E-state index in [4.69, 9.17) is 0 Å². The lowest BCUT2D eigenvalue weighted by Gasteiger charge is -2.43. The lowest BCUT2D eigenvalue weighted by atomic mass is 9.82. The van der Waals surface area contributed by atoms with Gasteiger partial charge in [-0.05, 0) is 66.7 Å². The van der Waals surface area contributed by atoms with E-state index in [1.807, 2.05) is 0 Å². The first kappa shape index (κ1) is 19.8. The number of nitrogens with zero attached hydrogens (tertiary/aromatic N) is 2. The maximum atomic E-state index is 13.6. The molecule has 1 amide bonds. The molecule has 2 atom stereocenters. The van der Waals surface area contributed by atoms with E-state index in [-0.39, 0.29) is 6.04 Å². The first-order valence-corrected chi connectivity index (χ1v) is 12.2. The fourth-order valence-corrected chi connectivity index (χ4v) is 6.31. The zero-order valence-electron chi connectivity index (χ0n) is 17.5. The van der Waals surface area contributed by atoms with Crippen LogP contribution in [0.15, 0.2) is 60.0 Å². The number of carbonyl (C=O) groups is 1. The lowest BCUT2D eigenvalue weighted by molar-refractivity contribution is -0.135. The number of hydrogen-bond donors (Lipinski definition) is 0. The molecular weight excluding hydrogens is 388 g/mol. The van der Waals surface area contributed by atoms with E-state index in [2.05, 4.69) is 69.8 Å². The molecule has 2 aromatic carbocycles. The molecule has 156 valence electrons. The van der Waals surface area contributed by atoms with E-state index in [9.17, 15) is 4.79 Å². The molecular formula is C26H30N2OS. The number of amides is 1. The summed E-state index contributed by atoms with van der Waals surface area (Å²) < 4.78 is 1.27. The van der Waals surface area contributed by atoms with Crippen molar-refractivity contribution in [2.24, 2.45) is 0 Å². The Morgan fingerprint density at radius 2 is 1.70 bits per heavy atom. The molecule has 1 aromatic heterocycles. The molecule has 0 bridgehead atoms. The van der Waals surface area contributed by atoms with Crippen LogP contribution in [-0.2, 0) is 11.2 Å². The normalized spacial score (nSPS) is 22.6. The van der Waals surface area contributed by atoms with Crippen LogP contribution in [0.3, 0.4) is 0 Å². The standard InChI is InChI=1S/C26H30N2OS/c29-26(17-21-19-30-25-13-5-4-11-23(21)25)28-16-8-12-22(20-9-2-1-3-10-20)24(28)18-27-14-6-7-15-27/h1-5,9-11,13,19,22,24H,6-8,12,14-18H2/t22-,24+/m1/s1. The van der Waals surface area contributed by atoms with Crippen LogP contribution in [0, 0.1) is 0 Å². The van der Waals surface area contributed by atoms with Gasteiger partial charge in [-0.15, -0.1) is 11.3 Å². The number of thiophene rings is 1. The minimum Gasteiger partial charge on any atom is -0.338 e. The number of fused-ring (bicyclic) bond motifs is 1. The van der Waals surface area contributed by atoms with Gasteiger partial charge in [-0.1, -0.05) is 48.5 Å². The van der Waals surface area contributed by atoms with Crippen molar-refractivity contribution in [3.8, 4) is 0 Å². The quantitative estimate of drug-likeness (QED) is 0.560. The molecule has 2 aliphatic rings. The zero-order valence-corrected chi connectivity index (χ0v) is 18.3. The smallest absolute Gasteiger partial charge is 0.227 e. The molecule has 0 saturated carbocycles. The minimum atomic E-state index is 0.275. The summed E-state index contributed by atoms with van der Waals surface area (Å²) in [7, 11) is 0. The molecule has 30 heavy (non-hydrogen) atoms.